The standard InChI is InChI=1S/C22H24N2O/c1-15-9-10-16(2)20-19(15)18-12-13-23(3)22(25)21(18)24(20)14-11-17-7-5-4-6-8-17/h4-10H,11-14H2,1-3H3. The third-order valence-electron chi connectivity index (χ3n) is 5.43. The lowest BCUT2D eigenvalue weighted by Crippen LogP contribution is -2.35. The Morgan fingerprint density at radius 2 is 1.72 bits per heavy atom. The molecule has 1 aliphatic rings. The van der Waals surface area contributed by atoms with E-state index in [0.29, 0.717) is 0 Å². The number of aromatic nitrogens is 1. The number of nitrogens with zero attached hydrogens (tertiary/aromatic N) is 2. The third-order valence-corrected chi connectivity index (χ3v) is 5.43. The molecule has 3 heteroatoms. The van der Waals surface area contributed by atoms with Gasteiger partial charge in [-0.1, -0.05) is 42.5 Å². The molecule has 0 spiro atoms. The summed E-state index contributed by atoms with van der Waals surface area (Å²) in [6.07, 6.45) is 1.87. The van der Waals surface area contributed by atoms with Gasteiger partial charge in [0, 0.05) is 25.5 Å². The van der Waals surface area contributed by atoms with Gasteiger partial charge in [0.2, 0.25) is 0 Å². The molecule has 1 amide bonds. The van der Waals surface area contributed by atoms with Crippen LogP contribution in [0, 0.1) is 13.8 Å². The summed E-state index contributed by atoms with van der Waals surface area (Å²) in [6, 6.07) is 14.9. The molecule has 0 unspecified atom stereocenters. The zero-order valence-corrected chi connectivity index (χ0v) is 15.2. The number of fused-ring (bicyclic) bond motifs is 3. The summed E-state index contributed by atoms with van der Waals surface area (Å²) in [7, 11) is 1.91. The predicted octanol–water partition coefficient (Wildman–Crippen LogP) is 4.13. The van der Waals surface area contributed by atoms with Crippen LogP contribution in [0.1, 0.15) is 32.7 Å². The summed E-state index contributed by atoms with van der Waals surface area (Å²) >= 11 is 0. The number of hydrogen-bond donors (Lipinski definition) is 0. The second-order valence-corrected chi connectivity index (χ2v) is 7.11. The zero-order valence-electron chi connectivity index (χ0n) is 15.2. The van der Waals surface area contributed by atoms with Crippen molar-refractivity contribution in [2.24, 2.45) is 0 Å². The van der Waals surface area contributed by atoms with Crippen LogP contribution < -0.4 is 0 Å². The van der Waals surface area contributed by atoms with Gasteiger partial charge in [-0.2, -0.15) is 0 Å². The first-order valence-corrected chi connectivity index (χ1v) is 8.98. The molecule has 0 bridgehead atoms. The number of aryl methyl sites for hydroxylation is 4. The lowest BCUT2D eigenvalue weighted by molar-refractivity contribution is 0.0770. The Morgan fingerprint density at radius 1 is 1.00 bits per heavy atom. The number of amides is 1. The Balaban J connectivity index is 1.90. The van der Waals surface area contributed by atoms with Gasteiger partial charge in [-0.05, 0) is 48.9 Å². The highest BCUT2D eigenvalue weighted by Gasteiger charge is 2.30. The van der Waals surface area contributed by atoms with Crippen molar-refractivity contribution in [2.45, 2.75) is 33.2 Å². The normalized spacial score (nSPS) is 14.2. The van der Waals surface area contributed by atoms with Crippen LogP contribution in [-0.4, -0.2) is 29.0 Å². The molecule has 0 radical (unpaired) electrons. The Kier molecular flexibility index (Phi) is 3.87. The van der Waals surface area contributed by atoms with Gasteiger partial charge in [-0.15, -0.1) is 0 Å². The molecule has 128 valence electrons. The van der Waals surface area contributed by atoms with Crippen molar-refractivity contribution in [1.29, 1.82) is 0 Å². The maximum absolute atomic E-state index is 12.9. The molecule has 0 aliphatic carbocycles. The Labute approximate surface area is 148 Å². The number of hydrogen-bond acceptors (Lipinski definition) is 1. The van der Waals surface area contributed by atoms with E-state index in [9.17, 15) is 4.79 Å². The van der Waals surface area contributed by atoms with E-state index < -0.39 is 0 Å². The topological polar surface area (TPSA) is 25.2 Å². The fraction of sp³-hybridized carbons (Fsp3) is 0.318. The Bertz CT molecular complexity index is 953. The van der Waals surface area contributed by atoms with Crippen LogP contribution in [0.5, 0.6) is 0 Å². The first-order valence-electron chi connectivity index (χ1n) is 8.98. The van der Waals surface area contributed by atoms with Gasteiger partial charge in [0.25, 0.3) is 5.91 Å². The van der Waals surface area contributed by atoms with Crippen molar-refractivity contribution < 1.29 is 4.79 Å². The maximum Gasteiger partial charge on any atom is 0.270 e. The van der Waals surface area contributed by atoms with Crippen LogP contribution in [0.2, 0.25) is 0 Å². The van der Waals surface area contributed by atoms with Gasteiger partial charge in [0.05, 0.1) is 5.52 Å². The second kappa shape index (κ2) is 6.07. The summed E-state index contributed by atoms with van der Waals surface area (Å²) in [5.74, 6) is 0.157. The largest absolute Gasteiger partial charge is 0.340 e. The highest BCUT2D eigenvalue weighted by molar-refractivity contribution is 6.04. The Morgan fingerprint density at radius 3 is 2.48 bits per heavy atom. The van der Waals surface area contributed by atoms with E-state index in [1.54, 1.807) is 0 Å². The molecule has 2 heterocycles. The lowest BCUT2D eigenvalue weighted by atomic mass is 9.99. The molecule has 3 nitrogen and oxygen atoms in total. The molecule has 1 aliphatic heterocycles. The van der Waals surface area contributed by atoms with Crippen LogP contribution in [0.4, 0.5) is 0 Å². The molecule has 2 aromatic carbocycles. The molecule has 3 aromatic rings. The first-order chi connectivity index (χ1) is 12.1. The van der Waals surface area contributed by atoms with Crippen molar-refractivity contribution in [3.63, 3.8) is 0 Å². The number of carbonyl (C=O) groups is 1. The van der Waals surface area contributed by atoms with Gasteiger partial charge in [-0.3, -0.25) is 4.79 Å². The second-order valence-electron chi connectivity index (χ2n) is 7.11. The molecule has 0 atom stereocenters. The molecule has 0 fully saturated rings. The lowest BCUT2D eigenvalue weighted by Gasteiger charge is -2.24. The first kappa shape index (κ1) is 15.9. The van der Waals surface area contributed by atoms with Crippen LogP contribution in [0.3, 0.4) is 0 Å². The highest BCUT2D eigenvalue weighted by Crippen LogP contribution is 2.34. The summed E-state index contributed by atoms with van der Waals surface area (Å²) in [6.45, 7) is 5.95. The van der Waals surface area contributed by atoms with Crippen LogP contribution in [0.15, 0.2) is 42.5 Å². The summed E-state index contributed by atoms with van der Waals surface area (Å²) in [5, 5.41) is 1.30. The fourth-order valence-corrected chi connectivity index (χ4v) is 4.08. The number of likely N-dealkylation sites (N-methyl/N-ethyl adjacent to an activating group) is 1. The average molecular weight is 332 g/mol. The molecule has 0 N–H and O–H groups in total. The SMILES string of the molecule is Cc1ccc(C)c2c1c1c(n2CCc2ccccc2)C(=O)N(C)CC1. The van der Waals surface area contributed by atoms with E-state index in [1.165, 1.54) is 33.2 Å². The van der Waals surface area contributed by atoms with Crippen LogP contribution in [0.25, 0.3) is 10.9 Å². The van der Waals surface area contributed by atoms with Crippen molar-refractivity contribution in [3.8, 4) is 0 Å². The quantitative estimate of drug-likeness (QED) is 0.708. The molecule has 1 aromatic heterocycles. The maximum atomic E-state index is 12.9. The highest BCUT2D eigenvalue weighted by atomic mass is 16.2. The third kappa shape index (κ3) is 2.55. The van der Waals surface area contributed by atoms with E-state index in [1.807, 2.05) is 18.0 Å². The average Bonchev–Trinajstić information content (AvgIpc) is 2.97. The smallest absolute Gasteiger partial charge is 0.270 e. The molecule has 4 rings (SSSR count). The molecule has 0 saturated carbocycles. The summed E-state index contributed by atoms with van der Waals surface area (Å²) in [4.78, 5) is 14.8. The molecular formula is C22H24N2O. The predicted molar refractivity (Wildman–Crippen MR) is 102 cm³/mol. The van der Waals surface area contributed by atoms with Crippen molar-refractivity contribution in [2.75, 3.05) is 13.6 Å². The van der Waals surface area contributed by atoms with E-state index >= 15 is 0 Å². The van der Waals surface area contributed by atoms with Gasteiger partial charge >= 0.3 is 0 Å². The van der Waals surface area contributed by atoms with Crippen molar-refractivity contribution in [1.82, 2.24) is 9.47 Å². The molecule has 0 saturated heterocycles. The fourth-order valence-electron chi connectivity index (χ4n) is 4.08. The summed E-state index contributed by atoms with van der Waals surface area (Å²) in [5.41, 5.74) is 7.21. The number of rotatable bonds is 3. The van der Waals surface area contributed by atoms with Crippen LogP contribution >= 0.6 is 0 Å². The molecule has 25 heavy (non-hydrogen) atoms. The Hall–Kier alpha value is -2.55. The van der Waals surface area contributed by atoms with E-state index in [0.717, 1.165) is 31.6 Å². The van der Waals surface area contributed by atoms with Crippen molar-refractivity contribution in [3.05, 3.63) is 70.4 Å². The van der Waals surface area contributed by atoms with Crippen molar-refractivity contribution >= 4 is 16.8 Å². The van der Waals surface area contributed by atoms with E-state index in [4.69, 9.17) is 0 Å². The van der Waals surface area contributed by atoms with E-state index in [-0.39, 0.29) is 5.91 Å². The van der Waals surface area contributed by atoms with Gasteiger partial charge < -0.3 is 9.47 Å². The number of carbonyl (C=O) groups excluding carboxylic acids is 1. The monoisotopic (exact) mass is 332 g/mol. The van der Waals surface area contributed by atoms with Gasteiger partial charge in [0.15, 0.2) is 0 Å². The van der Waals surface area contributed by atoms with Gasteiger partial charge in [-0.25, -0.2) is 0 Å². The van der Waals surface area contributed by atoms with Gasteiger partial charge in [0.1, 0.15) is 5.69 Å². The minimum atomic E-state index is 0.157. The van der Waals surface area contributed by atoms with E-state index in [2.05, 4.69) is 54.8 Å². The summed E-state index contributed by atoms with van der Waals surface area (Å²) < 4.78 is 2.28. The molecular weight excluding hydrogens is 308 g/mol. The minimum Gasteiger partial charge on any atom is -0.340 e. The number of benzene rings is 2. The minimum absolute atomic E-state index is 0.157. The zero-order chi connectivity index (χ0) is 17.6. The van der Waals surface area contributed by atoms with Crippen LogP contribution in [-0.2, 0) is 19.4 Å².